The molecule has 0 atom stereocenters. The maximum atomic E-state index is 13.6. The molecule has 1 aliphatic rings. The highest BCUT2D eigenvalue weighted by atomic mass is 79.9. The van der Waals surface area contributed by atoms with Crippen LogP contribution in [0.25, 0.3) is 0 Å². The molecule has 0 saturated heterocycles. The van der Waals surface area contributed by atoms with Crippen LogP contribution in [0.1, 0.15) is 41.6 Å². The summed E-state index contributed by atoms with van der Waals surface area (Å²) in [6.45, 7) is 1.85. The number of halogens is 2. The van der Waals surface area contributed by atoms with Crippen LogP contribution in [0.15, 0.2) is 18.2 Å². The molecule has 0 heterocycles. The highest BCUT2D eigenvalue weighted by Gasteiger charge is 2.22. The van der Waals surface area contributed by atoms with Gasteiger partial charge in [0.1, 0.15) is 5.82 Å². The minimum Gasteiger partial charge on any atom is -0.349 e. The van der Waals surface area contributed by atoms with E-state index in [0.29, 0.717) is 4.83 Å². The van der Waals surface area contributed by atoms with E-state index in [-0.39, 0.29) is 17.5 Å². The normalized spacial score (nSPS) is 23.7. The Morgan fingerprint density at radius 1 is 1.33 bits per heavy atom. The molecule has 4 heteroatoms. The zero-order valence-electron chi connectivity index (χ0n) is 10.4. The number of benzene rings is 1. The number of carbonyl (C=O) groups excluding carboxylic acids is 1. The quantitative estimate of drug-likeness (QED) is 0.831. The van der Waals surface area contributed by atoms with Gasteiger partial charge in [0.25, 0.3) is 5.91 Å². The van der Waals surface area contributed by atoms with Crippen molar-refractivity contribution >= 4 is 21.8 Å². The van der Waals surface area contributed by atoms with Crippen LogP contribution in [0.4, 0.5) is 4.39 Å². The summed E-state index contributed by atoms with van der Waals surface area (Å²) >= 11 is 3.58. The lowest BCUT2D eigenvalue weighted by molar-refractivity contribution is 0.0924. The van der Waals surface area contributed by atoms with E-state index >= 15 is 0 Å². The minimum absolute atomic E-state index is 0.149. The van der Waals surface area contributed by atoms with Crippen LogP contribution in [0.3, 0.4) is 0 Å². The minimum atomic E-state index is -0.452. The Hall–Kier alpha value is -0.900. The average Bonchev–Trinajstić information content (AvgIpc) is 2.35. The molecule has 1 saturated carbocycles. The summed E-state index contributed by atoms with van der Waals surface area (Å²) in [6.07, 6.45) is 4.02. The first kappa shape index (κ1) is 13.5. The molecular formula is C14H17BrFNO. The molecule has 18 heavy (non-hydrogen) atoms. The molecule has 2 rings (SSSR count). The first-order chi connectivity index (χ1) is 8.56. The maximum absolute atomic E-state index is 13.6. The van der Waals surface area contributed by atoms with Gasteiger partial charge in [-0.15, -0.1) is 0 Å². The van der Waals surface area contributed by atoms with Crippen molar-refractivity contribution in [1.82, 2.24) is 5.32 Å². The molecule has 1 amide bonds. The smallest absolute Gasteiger partial charge is 0.254 e. The Bertz CT molecular complexity index is 441. The van der Waals surface area contributed by atoms with Crippen molar-refractivity contribution in [2.24, 2.45) is 0 Å². The largest absolute Gasteiger partial charge is 0.349 e. The second-order valence-corrected chi connectivity index (χ2v) is 6.20. The number of alkyl halides is 1. The Labute approximate surface area is 115 Å². The predicted octanol–water partition coefficient (Wildman–Crippen LogP) is 3.57. The predicted molar refractivity (Wildman–Crippen MR) is 73.6 cm³/mol. The highest BCUT2D eigenvalue weighted by Crippen LogP contribution is 2.24. The van der Waals surface area contributed by atoms with Gasteiger partial charge in [-0.3, -0.25) is 4.79 Å². The Kier molecular flexibility index (Phi) is 4.38. The van der Waals surface area contributed by atoms with Gasteiger partial charge in [-0.25, -0.2) is 4.39 Å². The van der Waals surface area contributed by atoms with E-state index in [1.807, 2.05) is 6.92 Å². The van der Waals surface area contributed by atoms with Crippen LogP contribution in [-0.4, -0.2) is 16.8 Å². The van der Waals surface area contributed by atoms with Crippen molar-refractivity contribution in [1.29, 1.82) is 0 Å². The lowest BCUT2D eigenvalue weighted by Crippen LogP contribution is -2.38. The van der Waals surface area contributed by atoms with E-state index in [4.69, 9.17) is 0 Å². The Balaban J connectivity index is 2.01. The van der Waals surface area contributed by atoms with Gasteiger partial charge in [-0.05, 0) is 44.7 Å². The van der Waals surface area contributed by atoms with Gasteiger partial charge in [0.2, 0.25) is 0 Å². The van der Waals surface area contributed by atoms with E-state index in [1.165, 1.54) is 6.07 Å². The summed E-state index contributed by atoms with van der Waals surface area (Å²) in [4.78, 5) is 12.6. The third-order valence-electron chi connectivity index (χ3n) is 3.36. The zero-order valence-corrected chi connectivity index (χ0v) is 12.0. The maximum Gasteiger partial charge on any atom is 0.254 e. The fraction of sp³-hybridized carbons (Fsp3) is 0.500. The lowest BCUT2D eigenvalue weighted by Gasteiger charge is -2.26. The van der Waals surface area contributed by atoms with Crippen molar-refractivity contribution in [3.05, 3.63) is 35.1 Å². The molecule has 1 N–H and O–H groups in total. The summed E-state index contributed by atoms with van der Waals surface area (Å²) < 4.78 is 13.6. The van der Waals surface area contributed by atoms with Crippen LogP contribution in [-0.2, 0) is 0 Å². The highest BCUT2D eigenvalue weighted by molar-refractivity contribution is 9.09. The molecule has 0 spiro atoms. The number of aryl methyl sites for hydroxylation is 1. The molecule has 0 bridgehead atoms. The van der Waals surface area contributed by atoms with Crippen LogP contribution in [0.2, 0.25) is 0 Å². The van der Waals surface area contributed by atoms with E-state index in [1.54, 1.807) is 12.1 Å². The van der Waals surface area contributed by atoms with Gasteiger partial charge in [0, 0.05) is 10.9 Å². The number of rotatable bonds is 2. The van der Waals surface area contributed by atoms with Crippen molar-refractivity contribution in [3.8, 4) is 0 Å². The number of nitrogens with one attached hydrogen (secondary N) is 1. The monoisotopic (exact) mass is 313 g/mol. The average molecular weight is 314 g/mol. The van der Waals surface area contributed by atoms with Crippen LogP contribution in [0.5, 0.6) is 0 Å². The molecule has 1 aromatic carbocycles. The first-order valence-corrected chi connectivity index (χ1v) is 7.19. The lowest BCUT2D eigenvalue weighted by atomic mass is 9.95. The molecule has 1 fully saturated rings. The van der Waals surface area contributed by atoms with E-state index < -0.39 is 5.82 Å². The zero-order chi connectivity index (χ0) is 13.1. The summed E-state index contributed by atoms with van der Waals surface area (Å²) in [5.41, 5.74) is 1.04. The van der Waals surface area contributed by atoms with Crippen molar-refractivity contribution in [3.63, 3.8) is 0 Å². The topological polar surface area (TPSA) is 29.1 Å². The molecule has 0 aromatic heterocycles. The summed E-state index contributed by atoms with van der Waals surface area (Å²) in [5, 5.41) is 2.92. The molecule has 0 radical (unpaired) electrons. The number of hydrogen-bond acceptors (Lipinski definition) is 1. The standard InChI is InChI=1S/C14H17BrFNO/c1-9-2-7-13(16)12(8-9)14(18)17-11-5-3-10(15)4-6-11/h2,7-8,10-11H,3-6H2,1H3,(H,17,18). The first-order valence-electron chi connectivity index (χ1n) is 6.27. The van der Waals surface area contributed by atoms with Gasteiger partial charge in [-0.1, -0.05) is 27.6 Å². The molecular weight excluding hydrogens is 297 g/mol. The fourth-order valence-electron chi connectivity index (χ4n) is 2.27. The molecule has 98 valence electrons. The number of amides is 1. The van der Waals surface area contributed by atoms with Crippen molar-refractivity contribution in [2.45, 2.75) is 43.5 Å². The Morgan fingerprint density at radius 2 is 2.00 bits per heavy atom. The van der Waals surface area contributed by atoms with Gasteiger partial charge in [-0.2, -0.15) is 0 Å². The van der Waals surface area contributed by atoms with Gasteiger partial charge in [0.05, 0.1) is 5.56 Å². The molecule has 0 aliphatic heterocycles. The van der Waals surface area contributed by atoms with Gasteiger partial charge < -0.3 is 5.32 Å². The van der Waals surface area contributed by atoms with Gasteiger partial charge >= 0.3 is 0 Å². The number of carbonyl (C=O) groups is 1. The SMILES string of the molecule is Cc1ccc(F)c(C(=O)NC2CCC(Br)CC2)c1. The van der Waals surface area contributed by atoms with E-state index in [0.717, 1.165) is 31.2 Å². The molecule has 0 unspecified atom stereocenters. The molecule has 1 aliphatic carbocycles. The third-order valence-corrected chi connectivity index (χ3v) is 4.27. The van der Waals surface area contributed by atoms with E-state index in [9.17, 15) is 9.18 Å². The second kappa shape index (κ2) is 5.83. The van der Waals surface area contributed by atoms with Crippen LogP contribution < -0.4 is 5.32 Å². The van der Waals surface area contributed by atoms with Crippen LogP contribution >= 0.6 is 15.9 Å². The fourth-order valence-corrected chi connectivity index (χ4v) is 2.80. The number of hydrogen-bond donors (Lipinski definition) is 1. The van der Waals surface area contributed by atoms with Crippen molar-refractivity contribution < 1.29 is 9.18 Å². The van der Waals surface area contributed by atoms with Crippen LogP contribution in [0, 0.1) is 12.7 Å². The van der Waals surface area contributed by atoms with Crippen molar-refractivity contribution in [2.75, 3.05) is 0 Å². The molecule has 1 aromatic rings. The molecule has 2 nitrogen and oxygen atoms in total. The summed E-state index contributed by atoms with van der Waals surface area (Å²) in [7, 11) is 0. The van der Waals surface area contributed by atoms with Gasteiger partial charge in [0.15, 0.2) is 0 Å². The van der Waals surface area contributed by atoms with E-state index in [2.05, 4.69) is 21.2 Å². The summed E-state index contributed by atoms with van der Waals surface area (Å²) in [6, 6.07) is 4.79. The third kappa shape index (κ3) is 3.31. The second-order valence-electron chi connectivity index (χ2n) is 4.91. The Morgan fingerprint density at radius 3 is 2.67 bits per heavy atom. The summed E-state index contributed by atoms with van der Waals surface area (Å²) in [5.74, 6) is -0.749.